The summed E-state index contributed by atoms with van der Waals surface area (Å²) >= 11 is 0. The number of carbonyl (C=O) groups excluding carboxylic acids is 1. The van der Waals surface area contributed by atoms with Gasteiger partial charge in [0.1, 0.15) is 0 Å². The number of hydrogen-bond acceptors (Lipinski definition) is 2. The van der Waals surface area contributed by atoms with Crippen LogP contribution in [-0.2, 0) is 4.79 Å². The maximum atomic E-state index is 11.6. The van der Waals surface area contributed by atoms with Crippen LogP contribution in [0.5, 0.6) is 0 Å². The Morgan fingerprint density at radius 1 is 1.24 bits per heavy atom. The van der Waals surface area contributed by atoms with Crippen molar-refractivity contribution in [2.45, 2.75) is 58.3 Å². The molecule has 0 radical (unpaired) electrons. The molecule has 1 aliphatic rings. The molecule has 0 saturated heterocycles. The van der Waals surface area contributed by atoms with Crippen LogP contribution in [-0.4, -0.2) is 19.0 Å². The Morgan fingerprint density at radius 3 is 2.71 bits per heavy atom. The van der Waals surface area contributed by atoms with E-state index < -0.39 is 0 Å². The smallest absolute Gasteiger partial charge is 0.220 e. The van der Waals surface area contributed by atoms with Gasteiger partial charge in [-0.05, 0) is 37.6 Å². The molecule has 3 heteroatoms. The predicted octanol–water partition coefficient (Wildman–Crippen LogP) is 2.45. The standard InChI is InChI=1S/C14H28N2O/c1-2-3-4-5-9-14(17)16-11-13-8-6-7-12(13)10-15/h12-13H,2-11,15H2,1H3,(H,16,17). The molecule has 17 heavy (non-hydrogen) atoms. The zero-order valence-electron chi connectivity index (χ0n) is 11.2. The highest BCUT2D eigenvalue weighted by molar-refractivity contribution is 5.75. The lowest BCUT2D eigenvalue weighted by Gasteiger charge is -2.18. The fourth-order valence-corrected chi connectivity index (χ4v) is 2.74. The molecule has 1 rings (SSSR count). The minimum absolute atomic E-state index is 0.226. The van der Waals surface area contributed by atoms with Gasteiger partial charge >= 0.3 is 0 Å². The summed E-state index contributed by atoms with van der Waals surface area (Å²) in [5, 5.41) is 3.07. The molecule has 3 N–H and O–H groups in total. The van der Waals surface area contributed by atoms with Gasteiger partial charge in [0, 0.05) is 13.0 Å². The topological polar surface area (TPSA) is 55.1 Å². The fourth-order valence-electron chi connectivity index (χ4n) is 2.74. The van der Waals surface area contributed by atoms with Crippen LogP contribution >= 0.6 is 0 Å². The Bertz CT molecular complexity index is 218. The Kier molecular flexibility index (Phi) is 7.25. The number of carbonyl (C=O) groups is 1. The van der Waals surface area contributed by atoms with Crippen LogP contribution in [0.15, 0.2) is 0 Å². The van der Waals surface area contributed by atoms with Gasteiger partial charge in [-0.1, -0.05) is 32.6 Å². The summed E-state index contributed by atoms with van der Waals surface area (Å²) in [6, 6.07) is 0. The van der Waals surface area contributed by atoms with Crippen molar-refractivity contribution in [1.82, 2.24) is 5.32 Å². The molecule has 100 valence electrons. The molecule has 0 aromatic rings. The van der Waals surface area contributed by atoms with Crippen molar-refractivity contribution in [3.63, 3.8) is 0 Å². The fraction of sp³-hybridized carbons (Fsp3) is 0.929. The second kappa shape index (κ2) is 8.51. The molecule has 0 aliphatic heterocycles. The largest absolute Gasteiger partial charge is 0.356 e. The molecule has 2 unspecified atom stereocenters. The molecule has 0 spiro atoms. The van der Waals surface area contributed by atoms with E-state index in [0.717, 1.165) is 19.5 Å². The van der Waals surface area contributed by atoms with Gasteiger partial charge in [-0.15, -0.1) is 0 Å². The predicted molar refractivity (Wildman–Crippen MR) is 71.7 cm³/mol. The maximum Gasteiger partial charge on any atom is 0.220 e. The number of amides is 1. The molecule has 0 aromatic heterocycles. The highest BCUT2D eigenvalue weighted by Crippen LogP contribution is 2.30. The molecule has 0 aromatic carbocycles. The van der Waals surface area contributed by atoms with E-state index in [1.54, 1.807) is 0 Å². The van der Waals surface area contributed by atoms with Gasteiger partial charge in [-0.2, -0.15) is 0 Å². The highest BCUT2D eigenvalue weighted by atomic mass is 16.1. The van der Waals surface area contributed by atoms with Crippen LogP contribution in [0.25, 0.3) is 0 Å². The molecule has 0 bridgehead atoms. The van der Waals surface area contributed by atoms with Crippen LogP contribution in [0.1, 0.15) is 58.3 Å². The van der Waals surface area contributed by atoms with Gasteiger partial charge in [0.15, 0.2) is 0 Å². The number of unbranched alkanes of at least 4 members (excludes halogenated alkanes) is 3. The third kappa shape index (κ3) is 5.53. The van der Waals surface area contributed by atoms with Crippen LogP contribution in [0.3, 0.4) is 0 Å². The van der Waals surface area contributed by atoms with Crippen LogP contribution in [0.4, 0.5) is 0 Å². The van der Waals surface area contributed by atoms with Crippen molar-refractivity contribution in [3.8, 4) is 0 Å². The third-order valence-corrected chi connectivity index (χ3v) is 3.94. The number of nitrogens with one attached hydrogen (secondary N) is 1. The normalized spacial score (nSPS) is 23.9. The second-order valence-corrected chi connectivity index (χ2v) is 5.30. The van der Waals surface area contributed by atoms with Gasteiger partial charge in [0.2, 0.25) is 5.91 Å². The van der Waals surface area contributed by atoms with E-state index in [0.29, 0.717) is 18.3 Å². The first-order valence-corrected chi connectivity index (χ1v) is 7.24. The van der Waals surface area contributed by atoms with Gasteiger partial charge in [0.05, 0.1) is 0 Å². The molecule has 1 aliphatic carbocycles. The van der Waals surface area contributed by atoms with Gasteiger partial charge < -0.3 is 11.1 Å². The van der Waals surface area contributed by atoms with Crippen molar-refractivity contribution in [1.29, 1.82) is 0 Å². The Balaban J connectivity index is 2.06. The minimum atomic E-state index is 0.226. The molecular formula is C14H28N2O. The van der Waals surface area contributed by atoms with E-state index in [1.807, 2.05) is 0 Å². The van der Waals surface area contributed by atoms with Gasteiger partial charge in [-0.25, -0.2) is 0 Å². The number of hydrogen-bond donors (Lipinski definition) is 2. The number of nitrogens with two attached hydrogens (primary N) is 1. The Morgan fingerprint density at radius 2 is 2.00 bits per heavy atom. The molecule has 1 saturated carbocycles. The van der Waals surface area contributed by atoms with Crippen molar-refractivity contribution in [2.75, 3.05) is 13.1 Å². The van der Waals surface area contributed by atoms with Crippen LogP contribution in [0.2, 0.25) is 0 Å². The zero-order chi connectivity index (χ0) is 12.5. The lowest BCUT2D eigenvalue weighted by atomic mass is 9.96. The summed E-state index contributed by atoms with van der Waals surface area (Å²) < 4.78 is 0. The van der Waals surface area contributed by atoms with E-state index in [9.17, 15) is 4.79 Å². The first kappa shape index (κ1) is 14.5. The number of rotatable bonds is 8. The Hall–Kier alpha value is -0.570. The second-order valence-electron chi connectivity index (χ2n) is 5.30. The van der Waals surface area contributed by atoms with E-state index in [-0.39, 0.29) is 5.91 Å². The molecule has 0 heterocycles. The summed E-state index contributed by atoms with van der Waals surface area (Å²) in [6.45, 7) is 3.80. The summed E-state index contributed by atoms with van der Waals surface area (Å²) in [5.74, 6) is 1.48. The molecule has 2 atom stereocenters. The lowest BCUT2D eigenvalue weighted by Crippen LogP contribution is -2.32. The van der Waals surface area contributed by atoms with E-state index >= 15 is 0 Å². The van der Waals surface area contributed by atoms with E-state index in [2.05, 4.69) is 12.2 Å². The van der Waals surface area contributed by atoms with Crippen LogP contribution < -0.4 is 11.1 Å². The molecule has 3 nitrogen and oxygen atoms in total. The first-order valence-electron chi connectivity index (χ1n) is 7.24. The van der Waals surface area contributed by atoms with Crippen LogP contribution in [0, 0.1) is 11.8 Å². The van der Waals surface area contributed by atoms with Gasteiger partial charge in [-0.3, -0.25) is 4.79 Å². The minimum Gasteiger partial charge on any atom is -0.356 e. The van der Waals surface area contributed by atoms with E-state index in [1.165, 1.54) is 38.5 Å². The zero-order valence-corrected chi connectivity index (χ0v) is 11.2. The third-order valence-electron chi connectivity index (χ3n) is 3.94. The SMILES string of the molecule is CCCCCCC(=O)NCC1CCCC1CN. The summed E-state index contributed by atoms with van der Waals surface area (Å²) in [6.07, 6.45) is 9.13. The average Bonchev–Trinajstić information content (AvgIpc) is 2.79. The summed E-state index contributed by atoms with van der Waals surface area (Å²) in [5.41, 5.74) is 5.73. The highest BCUT2D eigenvalue weighted by Gasteiger charge is 2.25. The molecular weight excluding hydrogens is 212 g/mol. The van der Waals surface area contributed by atoms with E-state index in [4.69, 9.17) is 5.73 Å². The summed E-state index contributed by atoms with van der Waals surface area (Å²) in [7, 11) is 0. The average molecular weight is 240 g/mol. The van der Waals surface area contributed by atoms with Crippen molar-refractivity contribution in [2.24, 2.45) is 17.6 Å². The molecule has 1 amide bonds. The van der Waals surface area contributed by atoms with Gasteiger partial charge in [0.25, 0.3) is 0 Å². The maximum absolute atomic E-state index is 11.6. The molecule has 1 fully saturated rings. The lowest BCUT2D eigenvalue weighted by molar-refractivity contribution is -0.121. The van der Waals surface area contributed by atoms with Crippen molar-refractivity contribution >= 4 is 5.91 Å². The quantitative estimate of drug-likeness (QED) is 0.640. The first-order chi connectivity index (χ1) is 8.27. The van der Waals surface area contributed by atoms with Crippen molar-refractivity contribution in [3.05, 3.63) is 0 Å². The Labute approximate surface area is 106 Å². The monoisotopic (exact) mass is 240 g/mol. The summed E-state index contributed by atoms with van der Waals surface area (Å²) in [4.78, 5) is 11.6. The van der Waals surface area contributed by atoms with Crippen molar-refractivity contribution < 1.29 is 4.79 Å².